The average molecular weight is 237 g/mol. The first-order valence-corrected chi connectivity index (χ1v) is 6.30. The molecule has 4 unspecified atom stereocenters. The zero-order chi connectivity index (χ0) is 11.8. The second-order valence-corrected chi connectivity index (χ2v) is 5.13. The topological polar surface area (TPSA) is 73.3 Å². The third-order valence-electron chi connectivity index (χ3n) is 3.98. The number of aromatic nitrogens is 2. The highest BCUT2D eigenvalue weighted by Gasteiger charge is 2.40. The normalized spacial score (nSPS) is 33.2. The van der Waals surface area contributed by atoms with Gasteiger partial charge in [-0.2, -0.15) is 0 Å². The van der Waals surface area contributed by atoms with Crippen molar-refractivity contribution < 1.29 is 9.84 Å². The van der Waals surface area contributed by atoms with Gasteiger partial charge in [0.1, 0.15) is 0 Å². The molecule has 3 heterocycles. The summed E-state index contributed by atoms with van der Waals surface area (Å²) in [6.07, 6.45) is 7.99. The molecule has 1 aromatic rings. The molecule has 2 saturated heterocycles. The molecule has 0 saturated carbocycles. The van der Waals surface area contributed by atoms with E-state index >= 15 is 0 Å². The number of nitrogens with zero attached hydrogens (tertiary/aromatic N) is 2. The molecule has 2 bridgehead atoms. The molecule has 2 aliphatic heterocycles. The van der Waals surface area contributed by atoms with Crippen LogP contribution in [-0.4, -0.2) is 33.5 Å². The van der Waals surface area contributed by atoms with Crippen molar-refractivity contribution in [2.24, 2.45) is 11.7 Å². The van der Waals surface area contributed by atoms with Gasteiger partial charge in [-0.05, 0) is 19.3 Å². The van der Waals surface area contributed by atoms with Crippen LogP contribution >= 0.6 is 0 Å². The van der Waals surface area contributed by atoms with Gasteiger partial charge in [-0.1, -0.05) is 0 Å². The van der Waals surface area contributed by atoms with Gasteiger partial charge in [-0.25, -0.2) is 4.98 Å². The van der Waals surface area contributed by atoms with Crippen LogP contribution in [0.2, 0.25) is 0 Å². The van der Waals surface area contributed by atoms with E-state index in [1.807, 2.05) is 0 Å². The van der Waals surface area contributed by atoms with E-state index in [-0.39, 0.29) is 12.6 Å². The molecule has 0 aliphatic carbocycles. The molecule has 0 spiro atoms. The Labute approximate surface area is 101 Å². The van der Waals surface area contributed by atoms with Gasteiger partial charge in [-0.15, -0.1) is 0 Å². The predicted octanol–water partition coefficient (Wildman–Crippen LogP) is 0.443. The lowest BCUT2D eigenvalue weighted by molar-refractivity contribution is 0.0896. The summed E-state index contributed by atoms with van der Waals surface area (Å²) >= 11 is 0. The minimum absolute atomic E-state index is 0.0427. The Morgan fingerprint density at radius 1 is 1.59 bits per heavy atom. The third kappa shape index (κ3) is 1.99. The van der Waals surface area contributed by atoms with Crippen LogP contribution in [0.1, 0.15) is 31.0 Å². The number of imidazole rings is 1. The van der Waals surface area contributed by atoms with Crippen molar-refractivity contribution in [3.63, 3.8) is 0 Å². The van der Waals surface area contributed by atoms with Crippen LogP contribution in [0.3, 0.4) is 0 Å². The summed E-state index contributed by atoms with van der Waals surface area (Å²) in [7, 11) is 0. The second-order valence-electron chi connectivity index (χ2n) is 5.13. The minimum Gasteiger partial charge on any atom is -0.394 e. The van der Waals surface area contributed by atoms with Gasteiger partial charge in [0.05, 0.1) is 36.9 Å². The number of nitrogens with two attached hydrogens (primary N) is 1. The fraction of sp³-hybridized carbons (Fsp3) is 0.750. The molecule has 5 nitrogen and oxygen atoms in total. The van der Waals surface area contributed by atoms with Crippen molar-refractivity contribution in [1.29, 1.82) is 0 Å². The maximum atomic E-state index is 9.11. The number of hydrogen-bond donors (Lipinski definition) is 2. The number of fused-ring (bicyclic) bond motifs is 2. The van der Waals surface area contributed by atoms with E-state index in [1.54, 1.807) is 12.5 Å². The Hall–Kier alpha value is -0.910. The summed E-state index contributed by atoms with van der Waals surface area (Å²) < 4.78 is 7.91. The molecule has 94 valence electrons. The summed E-state index contributed by atoms with van der Waals surface area (Å²) in [4.78, 5) is 4.13. The third-order valence-corrected chi connectivity index (χ3v) is 3.98. The summed E-state index contributed by atoms with van der Waals surface area (Å²) in [5, 5.41) is 9.11. The first-order chi connectivity index (χ1) is 8.28. The molecule has 0 aromatic carbocycles. The fourth-order valence-electron chi connectivity index (χ4n) is 3.07. The quantitative estimate of drug-likeness (QED) is 0.797. The lowest BCUT2D eigenvalue weighted by atomic mass is 9.89. The lowest BCUT2D eigenvalue weighted by Crippen LogP contribution is -2.25. The Morgan fingerprint density at radius 2 is 2.47 bits per heavy atom. The van der Waals surface area contributed by atoms with Gasteiger partial charge in [-0.3, -0.25) is 0 Å². The Kier molecular flexibility index (Phi) is 2.90. The molecule has 3 N–H and O–H groups in total. The lowest BCUT2D eigenvalue weighted by Gasteiger charge is -2.21. The van der Waals surface area contributed by atoms with Crippen LogP contribution in [0.4, 0.5) is 0 Å². The smallest absolute Gasteiger partial charge is 0.0948 e. The van der Waals surface area contributed by atoms with Crippen molar-refractivity contribution in [3.8, 4) is 0 Å². The van der Waals surface area contributed by atoms with E-state index in [2.05, 4.69) is 9.55 Å². The predicted molar refractivity (Wildman–Crippen MR) is 62.2 cm³/mol. The number of ether oxygens (including phenoxy) is 1. The SMILES string of the molecule is NC(CO)c1cncn1CC1CC2CCC1O2. The van der Waals surface area contributed by atoms with Gasteiger partial charge in [0, 0.05) is 18.7 Å². The van der Waals surface area contributed by atoms with Crippen LogP contribution in [0.5, 0.6) is 0 Å². The molecular formula is C12H19N3O2. The number of aliphatic hydroxyl groups excluding tert-OH is 1. The number of rotatable bonds is 4. The first-order valence-electron chi connectivity index (χ1n) is 6.30. The average Bonchev–Trinajstić information content (AvgIpc) is 3.03. The highest BCUT2D eigenvalue weighted by Crippen LogP contribution is 2.39. The highest BCUT2D eigenvalue weighted by molar-refractivity contribution is 5.05. The molecule has 17 heavy (non-hydrogen) atoms. The van der Waals surface area contributed by atoms with Crippen molar-refractivity contribution in [2.45, 2.75) is 44.1 Å². The Balaban J connectivity index is 1.71. The van der Waals surface area contributed by atoms with Crippen LogP contribution < -0.4 is 5.73 Å². The first kappa shape index (κ1) is 11.2. The molecule has 3 rings (SSSR count). The van der Waals surface area contributed by atoms with E-state index in [4.69, 9.17) is 15.6 Å². The number of hydrogen-bond acceptors (Lipinski definition) is 4. The summed E-state index contributed by atoms with van der Waals surface area (Å²) in [6.45, 7) is 0.864. The largest absolute Gasteiger partial charge is 0.394 e. The Morgan fingerprint density at radius 3 is 3.12 bits per heavy atom. The molecular weight excluding hydrogens is 218 g/mol. The van der Waals surface area contributed by atoms with E-state index in [9.17, 15) is 0 Å². The van der Waals surface area contributed by atoms with E-state index in [0.29, 0.717) is 18.1 Å². The summed E-state index contributed by atoms with van der Waals surface area (Å²) in [5.41, 5.74) is 6.76. The van der Waals surface area contributed by atoms with Crippen LogP contribution in [-0.2, 0) is 11.3 Å². The highest BCUT2D eigenvalue weighted by atomic mass is 16.5. The molecule has 0 radical (unpaired) electrons. The molecule has 4 atom stereocenters. The summed E-state index contributed by atoms with van der Waals surface area (Å²) in [5.74, 6) is 0.576. The standard InChI is InChI=1S/C12H19N3O2/c13-10(6-16)11-4-14-7-15(11)5-8-3-9-1-2-12(8)17-9/h4,7-10,12,16H,1-3,5-6,13H2. The van der Waals surface area contributed by atoms with Crippen LogP contribution in [0, 0.1) is 5.92 Å². The van der Waals surface area contributed by atoms with Gasteiger partial charge >= 0.3 is 0 Å². The Bertz CT molecular complexity index is 393. The number of aliphatic hydroxyl groups is 1. The van der Waals surface area contributed by atoms with Crippen LogP contribution in [0.25, 0.3) is 0 Å². The van der Waals surface area contributed by atoms with Crippen molar-refractivity contribution >= 4 is 0 Å². The van der Waals surface area contributed by atoms with Gasteiger partial charge in [0.25, 0.3) is 0 Å². The molecule has 1 aromatic heterocycles. The van der Waals surface area contributed by atoms with Crippen molar-refractivity contribution in [3.05, 3.63) is 18.2 Å². The summed E-state index contributed by atoms with van der Waals surface area (Å²) in [6, 6.07) is -0.336. The fourth-order valence-corrected chi connectivity index (χ4v) is 3.07. The van der Waals surface area contributed by atoms with Crippen molar-refractivity contribution in [1.82, 2.24) is 9.55 Å². The van der Waals surface area contributed by atoms with Gasteiger partial charge < -0.3 is 20.1 Å². The molecule has 5 heteroatoms. The molecule has 0 amide bonds. The monoisotopic (exact) mass is 237 g/mol. The zero-order valence-corrected chi connectivity index (χ0v) is 9.83. The minimum atomic E-state index is -0.336. The van der Waals surface area contributed by atoms with Gasteiger partial charge in [0.2, 0.25) is 0 Å². The molecule has 2 fully saturated rings. The van der Waals surface area contributed by atoms with E-state index in [1.165, 1.54) is 12.8 Å². The maximum Gasteiger partial charge on any atom is 0.0948 e. The van der Waals surface area contributed by atoms with E-state index in [0.717, 1.165) is 18.7 Å². The molecule has 2 aliphatic rings. The van der Waals surface area contributed by atoms with Crippen molar-refractivity contribution in [2.75, 3.05) is 6.61 Å². The maximum absolute atomic E-state index is 9.11. The van der Waals surface area contributed by atoms with E-state index < -0.39 is 0 Å². The zero-order valence-electron chi connectivity index (χ0n) is 9.83. The second kappa shape index (κ2) is 4.40. The van der Waals surface area contributed by atoms with Crippen LogP contribution in [0.15, 0.2) is 12.5 Å². The van der Waals surface area contributed by atoms with Gasteiger partial charge in [0.15, 0.2) is 0 Å².